The molecule has 25 heavy (non-hydrogen) atoms. The second kappa shape index (κ2) is 8.99. The second-order valence-electron chi connectivity index (χ2n) is 5.94. The minimum atomic E-state index is -3.58. The summed E-state index contributed by atoms with van der Waals surface area (Å²) in [5.74, 6) is 0.745. The van der Waals surface area contributed by atoms with Crippen molar-refractivity contribution >= 4 is 10.0 Å². The van der Waals surface area contributed by atoms with Crippen molar-refractivity contribution in [3.8, 4) is 5.75 Å². The third kappa shape index (κ3) is 5.29. The molecule has 2 aromatic carbocycles. The van der Waals surface area contributed by atoms with E-state index in [0.29, 0.717) is 30.7 Å². The molecule has 2 N–H and O–H groups in total. The first-order valence-electron chi connectivity index (χ1n) is 8.28. The Morgan fingerprint density at radius 2 is 1.84 bits per heavy atom. The van der Waals surface area contributed by atoms with E-state index in [-0.39, 0.29) is 17.4 Å². The van der Waals surface area contributed by atoms with E-state index in [2.05, 4.69) is 4.72 Å². The van der Waals surface area contributed by atoms with Gasteiger partial charge in [-0.1, -0.05) is 30.3 Å². The number of aliphatic hydroxyl groups is 1. The lowest BCUT2D eigenvalue weighted by Gasteiger charge is -2.17. The van der Waals surface area contributed by atoms with Gasteiger partial charge in [-0.2, -0.15) is 0 Å². The van der Waals surface area contributed by atoms with Crippen LogP contribution in [0.25, 0.3) is 0 Å². The molecule has 0 unspecified atom stereocenters. The van der Waals surface area contributed by atoms with Crippen LogP contribution in [0.4, 0.5) is 0 Å². The van der Waals surface area contributed by atoms with E-state index in [0.717, 1.165) is 5.56 Å². The third-order valence-electron chi connectivity index (χ3n) is 4.21. The minimum Gasteiger partial charge on any atom is -0.497 e. The number of sulfonamides is 1. The number of aryl methyl sites for hydroxylation is 1. The van der Waals surface area contributed by atoms with Crippen molar-refractivity contribution in [3.63, 3.8) is 0 Å². The number of aliphatic hydroxyl groups excluding tert-OH is 1. The van der Waals surface area contributed by atoms with Gasteiger partial charge in [0.05, 0.1) is 12.0 Å². The van der Waals surface area contributed by atoms with Crippen molar-refractivity contribution in [1.29, 1.82) is 0 Å². The molecule has 1 atom stereocenters. The van der Waals surface area contributed by atoms with Crippen molar-refractivity contribution in [2.24, 2.45) is 0 Å². The number of hydrogen-bond donors (Lipinski definition) is 2. The average Bonchev–Trinajstić information content (AvgIpc) is 2.61. The van der Waals surface area contributed by atoms with E-state index in [9.17, 15) is 13.5 Å². The molecular weight excluding hydrogens is 338 g/mol. The Hall–Kier alpha value is -1.89. The lowest BCUT2D eigenvalue weighted by atomic mass is 9.93. The van der Waals surface area contributed by atoms with Crippen LogP contribution in [0.15, 0.2) is 53.4 Å². The number of nitrogens with one attached hydrogen (secondary N) is 1. The number of ether oxygens (including phenoxy) is 1. The molecule has 2 aromatic rings. The van der Waals surface area contributed by atoms with Gasteiger partial charge in [0.1, 0.15) is 5.75 Å². The Labute approximate surface area is 149 Å². The maximum Gasteiger partial charge on any atom is 0.240 e. The van der Waals surface area contributed by atoms with Crippen molar-refractivity contribution in [3.05, 3.63) is 59.7 Å². The highest BCUT2D eigenvalue weighted by Gasteiger charge is 2.18. The molecular formula is C19H25NO4S. The van der Waals surface area contributed by atoms with Crippen LogP contribution in [0.2, 0.25) is 0 Å². The summed E-state index contributed by atoms with van der Waals surface area (Å²) in [6, 6.07) is 14.7. The Bertz CT molecular complexity index is 775. The molecule has 2 rings (SSSR count). The van der Waals surface area contributed by atoms with Crippen LogP contribution in [0, 0.1) is 6.92 Å². The van der Waals surface area contributed by atoms with Gasteiger partial charge in [-0.25, -0.2) is 13.1 Å². The maximum absolute atomic E-state index is 12.5. The SMILES string of the molecule is COc1ccc(S(=O)(=O)NCC[C@H](CCO)c2ccccc2)c(C)c1. The van der Waals surface area contributed by atoms with Crippen LogP contribution >= 0.6 is 0 Å². The lowest BCUT2D eigenvalue weighted by Crippen LogP contribution is -2.26. The molecule has 0 aromatic heterocycles. The van der Waals surface area contributed by atoms with Crippen LogP contribution in [-0.2, 0) is 10.0 Å². The largest absolute Gasteiger partial charge is 0.497 e. The summed E-state index contributed by atoms with van der Waals surface area (Å²) >= 11 is 0. The summed E-state index contributed by atoms with van der Waals surface area (Å²) in [4.78, 5) is 0.256. The molecule has 5 nitrogen and oxygen atoms in total. The minimum absolute atomic E-state index is 0.0733. The fraction of sp³-hybridized carbons (Fsp3) is 0.368. The molecule has 0 aliphatic carbocycles. The van der Waals surface area contributed by atoms with Crippen molar-refractivity contribution in [1.82, 2.24) is 4.72 Å². The Kier molecular flexibility index (Phi) is 6.99. The van der Waals surface area contributed by atoms with Crippen LogP contribution in [-0.4, -0.2) is 33.8 Å². The lowest BCUT2D eigenvalue weighted by molar-refractivity contribution is 0.273. The van der Waals surface area contributed by atoms with Gasteiger partial charge in [-0.15, -0.1) is 0 Å². The molecule has 0 fully saturated rings. The summed E-state index contributed by atoms with van der Waals surface area (Å²) in [6.07, 6.45) is 1.23. The van der Waals surface area contributed by atoms with E-state index in [1.54, 1.807) is 32.2 Å². The predicted octanol–water partition coefficient (Wildman–Crippen LogP) is 2.84. The van der Waals surface area contributed by atoms with Crippen LogP contribution < -0.4 is 9.46 Å². The number of hydrogen-bond acceptors (Lipinski definition) is 4. The maximum atomic E-state index is 12.5. The van der Waals surface area contributed by atoms with Crippen LogP contribution in [0.3, 0.4) is 0 Å². The first-order chi connectivity index (χ1) is 12.0. The van der Waals surface area contributed by atoms with Gasteiger partial charge in [-0.05, 0) is 55.0 Å². The van der Waals surface area contributed by atoms with Crippen LogP contribution in [0.1, 0.15) is 29.9 Å². The Morgan fingerprint density at radius 1 is 1.12 bits per heavy atom. The fourth-order valence-corrected chi connectivity index (χ4v) is 4.13. The van der Waals surface area contributed by atoms with Crippen LogP contribution in [0.5, 0.6) is 5.75 Å². The predicted molar refractivity (Wildman–Crippen MR) is 98.4 cm³/mol. The second-order valence-corrected chi connectivity index (χ2v) is 7.67. The first kappa shape index (κ1) is 19.4. The van der Waals surface area contributed by atoms with Crippen molar-refractivity contribution in [2.75, 3.05) is 20.3 Å². The van der Waals surface area contributed by atoms with E-state index in [1.807, 2.05) is 30.3 Å². The molecule has 0 heterocycles. The van der Waals surface area contributed by atoms with Gasteiger partial charge >= 0.3 is 0 Å². The summed E-state index contributed by atoms with van der Waals surface area (Å²) in [5.41, 5.74) is 1.75. The van der Waals surface area contributed by atoms with E-state index in [4.69, 9.17) is 4.74 Å². The summed E-state index contributed by atoms with van der Waals surface area (Å²) in [7, 11) is -2.03. The quantitative estimate of drug-likeness (QED) is 0.718. The monoisotopic (exact) mass is 363 g/mol. The first-order valence-corrected chi connectivity index (χ1v) is 9.76. The molecule has 0 aliphatic heterocycles. The molecule has 136 valence electrons. The highest BCUT2D eigenvalue weighted by atomic mass is 32.2. The Balaban J connectivity index is 2.03. The van der Waals surface area contributed by atoms with Gasteiger partial charge in [0.25, 0.3) is 0 Å². The van der Waals surface area contributed by atoms with Gasteiger partial charge in [0.2, 0.25) is 10.0 Å². The molecule has 0 saturated carbocycles. The third-order valence-corrected chi connectivity index (χ3v) is 5.83. The fourth-order valence-electron chi connectivity index (χ4n) is 2.85. The number of benzene rings is 2. The summed E-state index contributed by atoms with van der Waals surface area (Å²) < 4.78 is 32.8. The number of methoxy groups -OCH3 is 1. The van der Waals surface area contributed by atoms with Gasteiger partial charge in [0.15, 0.2) is 0 Å². The van der Waals surface area contributed by atoms with Crippen molar-refractivity contribution in [2.45, 2.75) is 30.6 Å². The smallest absolute Gasteiger partial charge is 0.240 e. The molecule has 0 saturated heterocycles. The molecule has 0 amide bonds. The average molecular weight is 363 g/mol. The molecule has 0 aliphatic rings. The topological polar surface area (TPSA) is 75.6 Å². The highest BCUT2D eigenvalue weighted by Crippen LogP contribution is 2.24. The molecule has 0 bridgehead atoms. The van der Waals surface area contributed by atoms with Gasteiger partial charge in [0, 0.05) is 13.2 Å². The van der Waals surface area contributed by atoms with Crippen molar-refractivity contribution < 1.29 is 18.3 Å². The summed E-state index contributed by atoms with van der Waals surface area (Å²) in [6.45, 7) is 2.13. The Morgan fingerprint density at radius 3 is 2.44 bits per heavy atom. The highest BCUT2D eigenvalue weighted by molar-refractivity contribution is 7.89. The number of rotatable bonds is 9. The van der Waals surface area contributed by atoms with Gasteiger partial charge in [-0.3, -0.25) is 0 Å². The zero-order valence-corrected chi connectivity index (χ0v) is 15.4. The van der Waals surface area contributed by atoms with E-state index in [1.165, 1.54) is 0 Å². The van der Waals surface area contributed by atoms with E-state index < -0.39 is 10.0 Å². The standard InChI is InChI=1S/C19H25NO4S/c1-15-14-18(24-2)8-9-19(15)25(22,23)20-12-10-17(11-13-21)16-6-4-3-5-7-16/h3-9,14,17,20-21H,10-13H2,1-2H3/t17-/m1/s1. The normalized spacial score (nSPS) is 12.8. The molecule has 6 heteroatoms. The van der Waals surface area contributed by atoms with E-state index >= 15 is 0 Å². The molecule has 0 spiro atoms. The summed E-state index contributed by atoms with van der Waals surface area (Å²) in [5, 5.41) is 9.27. The zero-order chi connectivity index (χ0) is 18.3. The van der Waals surface area contributed by atoms with Gasteiger partial charge < -0.3 is 9.84 Å². The zero-order valence-electron chi connectivity index (χ0n) is 14.6. The molecule has 0 radical (unpaired) electrons.